The molecule has 0 aliphatic carbocycles. The Bertz CT molecular complexity index is 995. The quantitative estimate of drug-likeness (QED) is 0.620. The minimum absolute atomic E-state index is 0.105. The molecule has 0 spiro atoms. The van der Waals surface area contributed by atoms with Gasteiger partial charge in [0.25, 0.3) is 0 Å². The maximum atomic E-state index is 4.52. The maximum Gasteiger partial charge on any atom is 0.208 e. The van der Waals surface area contributed by atoms with Crippen LogP contribution in [-0.4, -0.2) is 44.6 Å². The van der Waals surface area contributed by atoms with Gasteiger partial charge in [-0.1, -0.05) is 35.6 Å². The van der Waals surface area contributed by atoms with Crippen LogP contribution in [0.15, 0.2) is 24.3 Å². The molecule has 2 N–H and O–H groups in total. The summed E-state index contributed by atoms with van der Waals surface area (Å²) in [5.41, 5.74) is 5.76. The number of hydrogen-bond donors (Lipinski definition) is 2. The van der Waals surface area contributed by atoms with E-state index in [4.69, 9.17) is 0 Å². The van der Waals surface area contributed by atoms with Crippen LogP contribution >= 0.6 is 11.3 Å². The Morgan fingerprint density at radius 2 is 1.57 bits per heavy atom. The lowest BCUT2D eigenvalue weighted by molar-refractivity contribution is 0.161. The van der Waals surface area contributed by atoms with E-state index >= 15 is 0 Å². The average Bonchev–Trinajstić information content (AvgIpc) is 3.26. The van der Waals surface area contributed by atoms with Crippen LogP contribution in [0.4, 0.5) is 5.13 Å². The standard InChI is InChI=1S/C23H32N6S/c1-14-19(15(2)25-24-14)16-8-10-17(11-9-16)20-26-27-21(30-20)29(7)18-12-22(3,4)28-23(5,6)13-18/h8-11,18,28H,12-13H2,1-7H3,(H,24,25). The Balaban J connectivity index is 1.54. The van der Waals surface area contributed by atoms with Crippen molar-refractivity contribution in [2.24, 2.45) is 0 Å². The number of H-pyrrole nitrogens is 1. The predicted molar refractivity (Wildman–Crippen MR) is 125 cm³/mol. The van der Waals surface area contributed by atoms with Crippen molar-refractivity contribution in [3.8, 4) is 21.7 Å². The molecule has 4 rings (SSSR count). The highest BCUT2D eigenvalue weighted by atomic mass is 32.1. The first-order valence-corrected chi connectivity index (χ1v) is 11.3. The SMILES string of the molecule is Cc1n[nH]c(C)c1-c1ccc(-c2nnc(N(C)C3CC(C)(C)NC(C)(C)C3)s2)cc1. The predicted octanol–water partition coefficient (Wildman–Crippen LogP) is 4.96. The molecule has 1 aliphatic heterocycles. The minimum Gasteiger partial charge on any atom is -0.347 e. The van der Waals surface area contributed by atoms with Crippen LogP contribution in [0.2, 0.25) is 0 Å². The van der Waals surface area contributed by atoms with Gasteiger partial charge in [0.1, 0.15) is 5.01 Å². The monoisotopic (exact) mass is 424 g/mol. The molecule has 0 atom stereocenters. The Labute approximate surface area is 183 Å². The Morgan fingerprint density at radius 1 is 0.967 bits per heavy atom. The van der Waals surface area contributed by atoms with Gasteiger partial charge in [-0.25, -0.2) is 0 Å². The summed E-state index contributed by atoms with van der Waals surface area (Å²) in [6.07, 6.45) is 2.17. The summed E-state index contributed by atoms with van der Waals surface area (Å²) in [5.74, 6) is 0. The third-order valence-corrected chi connectivity index (χ3v) is 7.04. The minimum atomic E-state index is 0.105. The number of piperidine rings is 1. The smallest absolute Gasteiger partial charge is 0.208 e. The normalized spacial score (nSPS) is 18.5. The number of anilines is 1. The van der Waals surface area contributed by atoms with E-state index in [0.29, 0.717) is 6.04 Å². The van der Waals surface area contributed by atoms with Gasteiger partial charge >= 0.3 is 0 Å². The van der Waals surface area contributed by atoms with Crippen LogP contribution in [0, 0.1) is 13.8 Å². The van der Waals surface area contributed by atoms with Crippen LogP contribution in [0.25, 0.3) is 21.7 Å². The lowest BCUT2D eigenvalue weighted by atomic mass is 9.79. The van der Waals surface area contributed by atoms with Crippen molar-refractivity contribution >= 4 is 16.5 Å². The first-order chi connectivity index (χ1) is 14.0. The van der Waals surface area contributed by atoms with Gasteiger partial charge in [0, 0.05) is 41.0 Å². The summed E-state index contributed by atoms with van der Waals surface area (Å²) in [6, 6.07) is 8.97. The van der Waals surface area contributed by atoms with E-state index in [1.807, 2.05) is 6.92 Å². The van der Waals surface area contributed by atoms with Gasteiger partial charge in [-0.15, -0.1) is 10.2 Å². The van der Waals surface area contributed by atoms with Gasteiger partial charge in [0.15, 0.2) is 0 Å². The van der Waals surface area contributed by atoms with E-state index in [9.17, 15) is 0 Å². The van der Waals surface area contributed by atoms with Crippen LogP contribution in [0.1, 0.15) is 51.9 Å². The molecule has 2 aromatic heterocycles. The molecular weight excluding hydrogens is 392 g/mol. The fourth-order valence-electron chi connectivity index (χ4n) is 4.93. The molecule has 0 bridgehead atoms. The second-order valence-electron chi connectivity index (χ2n) is 9.84. The van der Waals surface area contributed by atoms with Crippen LogP contribution in [-0.2, 0) is 0 Å². The molecular formula is C23H32N6S. The largest absolute Gasteiger partial charge is 0.347 e. The van der Waals surface area contributed by atoms with Gasteiger partial charge < -0.3 is 10.2 Å². The van der Waals surface area contributed by atoms with E-state index in [2.05, 4.69) is 96.5 Å². The van der Waals surface area contributed by atoms with Crippen molar-refractivity contribution in [1.82, 2.24) is 25.7 Å². The summed E-state index contributed by atoms with van der Waals surface area (Å²) < 4.78 is 0. The molecule has 1 aliphatic rings. The second-order valence-corrected chi connectivity index (χ2v) is 10.8. The molecule has 1 aromatic carbocycles. The Morgan fingerprint density at radius 3 is 2.13 bits per heavy atom. The van der Waals surface area contributed by atoms with Gasteiger partial charge in [-0.2, -0.15) is 5.10 Å². The van der Waals surface area contributed by atoms with Crippen LogP contribution < -0.4 is 10.2 Å². The van der Waals surface area contributed by atoms with E-state index in [-0.39, 0.29) is 11.1 Å². The Hall–Kier alpha value is -2.25. The molecule has 1 saturated heterocycles. The highest BCUT2D eigenvalue weighted by molar-refractivity contribution is 7.18. The first-order valence-electron chi connectivity index (χ1n) is 10.5. The van der Waals surface area contributed by atoms with Crippen molar-refractivity contribution in [3.63, 3.8) is 0 Å². The maximum absolute atomic E-state index is 4.52. The van der Waals surface area contributed by atoms with Crippen molar-refractivity contribution in [2.75, 3.05) is 11.9 Å². The lowest BCUT2D eigenvalue weighted by Crippen LogP contribution is -2.61. The number of benzene rings is 1. The van der Waals surface area contributed by atoms with Crippen molar-refractivity contribution in [2.45, 2.75) is 71.5 Å². The summed E-state index contributed by atoms with van der Waals surface area (Å²) in [5, 5.41) is 22.1. The molecule has 30 heavy (non-hydrogen) atoms. The molecule has 3 heterocycles. The highest BCUT2D eigenvalue weighted by Gasteiger charge is 2.39. The second kappa shape index (κ2) is 7.46. The zero-order valence-corrected chi connectivity index (χ0v) is 19.8. The number of rotatable bonds is 4. The summed E-state index contributed by atoms with van der Waals surface area (Å²) in [6.45, 7) is 13.2. The molecule has 1 fully saturated rings. The van der Waals surface area contributed by atoms with Gasteiger partial charge in [0.2, 0.25) is 5.13 Å². The third-order valence-electron chi connectivity index (χ3n) is 5.98. The number of hydrogen-bond acceptors (Lipinski definition) is 6. The molecule has 7 heteroatoms. The lowest BCUT2D eigenvalue weighted by Gasteiger charge is -2.48. The molecule has 0 saturated carbocycles. The fourth-order valence-corrected chi connectivity index (χ4v) is 5.81. The van der Waals surface area contributed by atoms with Crippen LogP contribution in [0.5, 0.6) is 0 Å². The highest BCUT2D eigenvalue weighted by Crippen LogP contribution is 2.36. The Kier molecular flexibility index (Phi) is 5.22. The first kappa shape index (κ1) is 21.0. The van der Waals surface area contributed by atoms with Crippen LogP contribution in [0.3, 0.4) is 0 Å². The van der Waals surface area contributed by atoms with E-state index < -0.39 is 0 Å². The molecule has 160 valence electrons. The van der Waals surface area contributed by atoms with Gasteiger partial charge in [-0.3, -0.25) is 5.10 Å². The van der Waals surface area contributed by atoms with E-state index in [0.717, 1.165) is 39.9 Å². The fraction of sp³-hybridized carbons (Fsp3) is 0.522. The zero-order valence-electron chi connectivity index (χ0n) is 19.0. The number of aryl methyl sites for hydroxylation is 2. The summed E-state index contributed by atoms with van der Waals surface area (Å²) >= 11 is 1.66. The van der Waals surface area contributed by atoms with Gasteiger partial charge in [-0.05, 0) is 59.9 Å². The average molecular weight is 425 g/mol. The summed E-state index contributed by atoms with van der Waals surface area (Å²) in [7, 11) is 2.15. The van der Waals surface area contributed by atoms with Crippen molar-refractivity contribution in [3.05, 3.63) is 35.7 Å². The third kappa shape index (κ3) is 4.14. The number of aromatic amines is 1. The topological polar surface area (TPSA) is 69.7 Å². The van der Waals surface area contributed by atoms with Gasteiger partial charge in [0.05, 0.1) is 5.69 Å². The molecule has 0 radical (unpaired) electrons. The van der Waals surface area contributed by atoms with Crippen molar-refractivity contribution in [1.29, 1.82) is 0 Å². The number of nitrogens with one attached hydrogen (secondary N) is 2. The molecule has 6 nitrogen and oxygen atoms in total. The molecule has 3 aromatic rings. The van der Waals surface area contributed by atoms with Crippen molar-refractivity contribution < 1.29 is 0 Å². The zero-order chi connectivity index (χ0) is 21.7. The van der Waals surface area contributed by atoms with E-state index in [1.165, 1.54) is 11.1 Å². The van der Waals surface area contributed by atoms with E-state index in [1.54, 1.807) is 11.3 Å². The summed E-state index contributed by atoms with van der Waals surface area (Å²) in [4.78, 5) is 2.32. The molecule has 0 amide bonds. The molecule has 0 unspecified atom stereocenters. The number of aromatic nitrogens is 4. The number of nitrogens with zero attached hydrogens (tertiary/aromatic N) is 4.